The molecule has 0 fully saturated rings. The molecule has 5 heteroatoms. The third-order valence-electron chi connectivity index (χ3n) is 4.12. The Morgan fingerprint density at radius 2 is 1.88 bits per heavy atom. The molecule has 2 aromatic carbocycles. The number of nitrogens with zero attached hydrogens (tertiary/aromatic N) is 1. The standard InChI is InChI=1S/C19H21N3O2/c1-13-18(16-5-3-4-6-17(16)20-13)19(24)21-14-7-9-15(10-8-14)22(2)11-12-23/h3-10,20,23H,11-12H2,1-2H3,(H,21,24). The highest BCUT2D eigenvalue weighted by molar-refractivity contribution is 6.13. The Hall–Kier alpha value is -2.79. The summed E-state index contributed by atoms with van der Waals surface area (Å²) in [5, 5.41) is 12.9. The van der Waals surface area contributed by atoms with Crippen molar-refractivity contribution < 1.29 is 9.90 Å². The van der Waals surface area contributed by atoms with Gasteiger partial charge in [-0.05, 0) is 37.3 Å². The van der Waals surface area contributed by atoms with Crippen LogP contribution in [-0.4, -0.2) is 36.2 Å². The van der Waals surface area contributed by atoms with Crippen LogP contribution in [0.2, 0.25) is 0 Å². The number of hydrogen-bond acceptors (Lipinski definition) is 3. The number of para-hydroxylation sites is 1. The number of fused-ring (bicyclic) bond motifs is 1. The van der Waals surface area contributed by atoms with E-state index >= 15 is 0 Å². The fourth-order valence-corrected chi connectivity index (χ4v) is 2.84. The Morgan fingerprint density at radius 3 is 2.58 bits per heavy atom. The Kier molecular flexibility index (Phi) is 4.53. The van der Waals surface area contributed by atoms with E-state index < -0.39 is 0 Å². The highest BCUT2D eigenvalue weighted by atomic mass is 16.3. The van der Waals surface area contributed by atoms with Gasteiger partial charge in [0.05, 0.1) is 12.2 Å². The molecule has 124 valence electrons. The average molecular weight is 323 g/mol. The maximum absolute atomic E-state index is 12.7. The molecule has 0 bridgehead atoms. The van der Waals surface area contributed by atoms with Crippen LogP contribution < -0.4 is 10.2 Å². The van der Waals surface area contributed by atoms with Crippen molar-refractivity contribution in [1.82, 2.24) is 4.98 Å². The second kappa shape index (κ2) is 6.76. The van der Waals surface area contributed by atoms with Crippen molar-refractivity contribution in [3.8, 4) is 0 Å². The van der Waals surface area contributed by atoms with Gasteiger partial charge in [-0.2, -0.15) is 0 Å². The number of likely N-dealkylation sites (N-methyl/N-ethyl adjacent to an activating group) is 1. The van der Waals surface area contributed by atoms with Crippen molar-refractivity contribution in [3.05, 3.63) is 59.8 Å². The van der Waals surface area contributed by atoms with Crippen molar-refractivity contribution in [2.45, 2.75) is 6.92 Å². The first-order valence-electron chi connectivity index (χ1n) is 7.91. The highest BCUT2D eigenvalue weighted by Crippen LogP contribution is 2.23. The first-order chi connectivity index (χ1) is 11.6. The summed E-state index contributed by atoms with van der Waals surface area (Å²) in [5.74, 6) is -0.124. The molecule has 0 aliphatic carbocycles. The molecule has 1 amide bonds. The first kappa shape index (κ1) is 16.1. The van der Waals surface area contributed by atoms with Crippen molar-refractivity contribution in [2.75, 3.05) is 30.4 Å². The van der Waals surface area contributed by atoms with E-state index in [4.69, 9.17) is 5.11 Å². The van der Waals surface area contributed by atoms with Crippen molar-refractivity contribution in [2.24, 2.45) is 0 Å². The SMILES string of the molecule is Cc1[nH]c2ccccc2c1C(=O)Nc1ccc(N(C)CCO)cc1. The largest absolute Gasteiger partial charge is 0.395 e. The molecule has 0 unspecified atom stereocenters. The zero-order valence-corrected chi connectivity index (χ0v) is 13.8. The average Bonchev–Trinajstić information content (AvgIpc) is 2.91. The number of aliphatic hydroxyl groups excluding tert-OH is 1. The molecular formula is C19H21N3O2. The third-order valence-corrected chi connectivity index (χ3v) is 4.12. The summed E-state index contributed by atoms with van der Waals surface area (Å²) in [7, 11) is 1.92. The molecule has 1 heterocycles. The van der Waals surface area contributed by atoms with Gasteiger partial charge in [0.25, 0.3) is 5.91 Å². The number of aliphatic hydroxyl groups is 1. The predicted molar refractivity (Wildman–Crippen MR) is 97.8 cm³/mol. The minimum atomic E-state index is -0.124. The van der Waals surface area contributed by atoms with E-state index in [0.717, 1.165) is 28.0 Å². The molecule has 0 radical (unpaired) electrons. The number of anilines is 2. The number of carbonyl (C=O) groups is 1. The Bertz CT molecular complexity index is 853. The summed E-state index contributed by atoms with van der Waals surface area (Å²) in [6.45, 7) is 2.58. The minimum Gasteiger partial charge on any atom is -0.395 e. The van der Waals surface area contributed by atoms with E-state index in [2.05, 4.69) is 10.3 Å². The summed E-state index contributed by atoms with van der Waals surface area (Å²) in [5.41, 5.74) is 4.22. The molecule has 0 aliphatic heterocycles. The topological polar surface area (TPSA) is 68.4 Å². The van der Waals surface area contributed by atoms with Gasteiger partial charge in [-0.1, -0.05) is 18.2 Å². The van der Waals surface area contributed by atoms with Crippen LogP contribution in [0.1, 0.15) is 16.1 Å². The lowest BCUT2D eigenvalue weighted by Crippen LogP contribution is -2.21. The molecule has 0 aliphatic rings. The van der Waals surface area contributed by atoms with E-state index in [0.29, 0.717) is 12.1 Å². The van der Waals surface area contributed by atoms with E-state index in [1.807, 2.05) is 67.4 Å². The summed E-state index contributed by atoms with van der Waals surface area (Å²) >= 11 is 0. The quantitative estimate of drug-likeness (QED) is 0.675. The Morgan fingerprint density at radius 1 is 1.17 bits per heavy atom. The fourth-order valence-electron chi connectivity index (χ4n) is 2.84. The summed E-state index contributed by atoms with van der Waals surface area (Å²) in [4.78, 5) is 17.9. The first-order valence-corrected chi connectivity index (χ1v) is 7.91. The van der Waals surface area contributed by atoms with Crippen molar-refractivity contribution >= 4 is 28.2 Å². The van der Waals surface area contributed by atoms with Crippen LogP contribution in [0.4, 0.5) is 11.4 Å². The van der Waals surface area contributed by atoms with Gasteiger partial charge in [0.2, 0.25) is 0 Å². The van der Waals surface area contributed by atoms with Crippen LogP contribution in [0.25, 0.3) is 10.9 Å². The molecule has 3 rings (SSSR count). The van der Waals surface area contributed by atoms with Crippen LogP contribution in [0.15, 0.2) is 48.5 Å². The smallest absolute Gasteiger partial charge is 0.258 e. The summed E-state index contributed by atoms with van der Waals surface area (Å²) < 4.78 is 0. The molecular weight excluding hydrogens is 302 g/mol. The molecule has 5 nitrogen and oxygen atoms in total. The molecule has 0 saturated carbocycles. The van der Waals surface area contributed by atoms with Crippen LogP contribution in [0.5, 0.6) is 0 Å². The number of carbonyl (C=O) groups excluding carboxylic acids is 1. The van der Waals surface area contributed by atoms with Gasteiger partial charge in [-0.15, -0.1) is 0 Å². The van der Waals surface area contributed by atoms with Gasteiger partial charge >= 0.3 is 0 Å². The molecule has 0 saturated heterocycles. The predicted octanol–water partition coefficient (Wildman–Crippen LogP) is 3.16. The lowest BCUT2D eigenvalue weighted by molar-refractivity contribution is 0.102. The fraction of sp³-hybridized carbons (Fsp3) is 0.211. The van der Waals surface area contributed by atoms with Crippen LogP contribution in [0, 0.1) is 6.92 Å². The zero-order chi connectivity index (χ0) is 17.1. The number of hydrogen-bond donors (Lipinski definition) is 3. The van der Waals surface area contributed by atoms with Crippen LogP contribution in [0.3, 0.4) is 0 Å². The number of aromatic amines is 1. The van der Waals surface area contributed by atoms with E-state index in [1.165, 1.54) is 0 Å². The zero-order valence-electron chi connectivity index (χ0n) is 13.8. The maximum atomic E-state index is 12.7. The van der Waals surface area contributed by atoms with Gasteiger partial charge in [0, 0.05) is 41.6 Å². The second-order valence-corrected chi connectivity index (χ2v) is 5.82. The molecule has 3 aromatic rings. The molecule has 3 N–H and O–H groups in total. The second-order valence-electron chi connectivity index (χ2n) is 5.82. The van der Waals surface area contributed by atoms with Gasteiger partial charge in [-0.25, -0.2) is 0 Å². The Labute approximate surface area is 140 Å². The number of rotatable bonds is 5. The number of H-pyrrole nitrogens is 1. The number of amides is 1. The highest BCUT2D eigenvalue weighted by Gasteiger charge is 2.15. The third kappa shape index (κ3) is 3.12. The van der Waals surface area contributed by atoms with Gasteiger partial charge in [0.1, 0.15) is 0 Å². The lowest BCUT2D eigenvalue weighted by atomic mass is 10.1. The summed E-state index contributed by atoms with van der Waals surface area (Å²) in [6.07, 6.45) is 0. The van der Waals surface area contributed by atoms with Gasteiger partial charge < -0.3 is 20.3 Å². The lowest BCUT2D eigenvalue weighted by Gasteiger charge is -2.18. The Balaban J connectivity index is 1.80. The molecule has 24 heavy (non-hydrogen) atoms. The van der Waals surface area contributed by atoms with Crippen LogP contribution >= 0.6 is 0 Å². The molecule has 0 atom stereocenters. The summed E-state index contributed by atoms with van der Waals surface area (Å²) in [6, 6.07) is 15.4. The number of nitrogens with one attached hydrogen (secondary N) is 2. The van der Waals surface area contributed by atoms with E-state index in [9.17, 15) is 4.79 Å². The number of aromatic nitrogens is 1. The van der Waals surface area contributed by atoms with Gasteiger partial charge in [0.15, 0.2) is 0 Å². The number of benzene rings is 2. The molecule has 1 aromatic heterocycles. The van der Waals surface area contributed by atoms with Crippen LogP contribution in [-0.2, 0) is 0 Å². The molecule has 0 spiro atoms. The van der Waals surface area contributed by atoms with Crippen molar-refractivity contribution in [3.63, 3.8) is 0 Å². The van der Waals surface area contributed by atoms with E-state index in [-0.39, 0.29) is 12.5 Å². The number of aryl methyl sites for hydroxylation is 1. The minimum absolute atomic E-state index is 0.106. The van der Waals surface area contributed by atoms with E-state index in [1.54, 1.807) is 0 Å². The van der Waals surface area contributed by atoms with Crippen molar-refractivity contribution in [1.29, 1.82) is 0 Å². The maximum Gasteiger partial charge on any atom is 0.258 e. The van der Waals surface area contributed by atoms with Gasteiger partial charge in [-0.3, -0.25) is 4.79 Å². The monoisotopic (exact) mass is 323 g/mol. The normalized spacial score (nSPS) is 10.8.